The fourth-order valence-corrected chi connectivity index (χ4v) is 4.53. The Labute approximate surface area is 226 Å². The molecule has 0 fully saturated rings. The molecule has 0 radical (unpaired) electrons. The lowest BCUT2D eigenvalue weighted by Crippen LogP contribution is -2.42. The number of benzene rings is 2. The Hall–Kier alpha value is -4.17. The molecule has 4 rings (SSSR count). The first-order chi connectivity index (χ1) is 18.2. The summed E-state index contributed by atoms with van der Waals surface area (Å²) in [5.41, 5.74) is 5.35. The number of rotatable bonds is 10. The molecule has 196 valence electrons. The molecule has 0 bridgehead atoms. The van der Waals surface area contributed by atoms with E-state index in [0.29, 0.717) is 34.9 Å². The zero-order chi connectivity index (χ0) is 27.2. The van der Waals surface area contributed by atoms with Crippen molar-refractivity contribution < 1.29 is 19.2 Å². The predicted octanol–water partition coefficient (Wildman–Crippen LogP) is 5.61. The minimum absolute atomic E-state index is 0.129. The van der Waals surface area contributed by atoms with Crippen LogP contribution in [0.3, 0.4) is 0 Å². The van der Waals surface area contributed by atoms with Gasteiger partial charge in [0.25, 0.3) is 5.91 Å². The number of hydrogen-bond donors (Lipinski definition) is 3. The quantitative estimate of drug-likeness (QED) is 0.243. The van der Waals surface area contributed by atoms with Crippen molar-refractivity contribution >= 4 is 29.3 Å². The zero-order valence-corrected chi connectivity index (χ0v) is 22.2. The number of pyridine rings is 1. The summed E-state index contributed by atoms with van der Waals surface area (Å²) in [6, 6.07) is 15.4. The molecule has 0 saturated heterocycles. The maximum absolute atomic E-state index is 13.0. The fourth-order valence-electron chi connectivity index (χ4n) is 4.23. The minimum Gasteiger partial charge on any atom is -0.480 e. The van der Waals surface area contributed by atoms with E-state index in [4.69, 9.17) is 16.1 Å². The molecule has 0 aliphatic carbocycles. The van der Waals surface area contributed by atoms with E-state index in [2.05, 4.69) is 20.8 Å². The van der Waals surface area contributed by atoms with Crippen LogP contribution in [-0.2, 0) is 24.2 Å². The molecule has 8 nitrogen and oxygen atoms in total. The van der Waals surface area contributed by atoms with Crippen LogP contribution in [0.15, 0.2) is 65.3 Å². The highest BCUT2D eigenvalue weighted by molar-refractivity contribution is 6.30. The molecule has 3 N–H and O–H groups in total. The number of hydrogen-bond acceptors (Lipinski definition) is 6. The van der Waals surface area contributed by atoms with Gasteiger partial charge >= 0.3 is 5.97 Å². The standard InChI is InChI=1S/C29H29ClN4O4/c1-4-20-14-22(30)12-18(3)27(20)28(35)33-24(29(36)37)13-19-5-7-21(8-6-19)25-15-23(34-38-25)16-32-26-11-17(2)9-10-31-26/h5-12,14-15,24H,4,13,16H2,1-3H3,(H,31,32)(H,33,35)(H,36,37). The number of amides is 1. The Kier molecular flexibility index (Phi) is 8.43. The number of aliphatic carboxylic acids is 1. The lowest BCUT2D eigenvalue weighted by Gasteiger charge is -2.18. The third kappa shape index (κ3) is 6.58. The molecule has 0 aliphatic rings. The van der Waals surface area contributed by atoms with E-state index in [1.54, 1.807) is 25.3 Å². The van der Waals surface area contributed by atoms with Crippen LogP contribution in [0.1, 0.15) is 45.2 Å². The van der Waals surface area contributed by atoms with Gasteiger partial charge in [-0.05, 0) is 66.8 Å². The molecule has 0 spiro atoms. The van der Waals surface area contributed by atoms with Crippen molar-refractivity contribution in [3.8, 4) is 11.3 Å². The van der Waals surface area contributed by atoms with Crippen molar-refractivity contribution in [3.05, 3.63) is 99.3 Å². The number of halogens is 1. The van der Waals surface area contributed by atoms with E-state index < -0.39 is 17.9 Å². The van der Waals surface area contributed by atoms with E-state index in [0.717, 1.165) is 33.8 Å². The summed E-state index contributed by atoms with van der Waals surface area (Å²) in [4.78, 5) is 29.3. The lowest BCUT2D eigenvalue weighted by molar-refractivity contribution is -0.139. The van der Waals surface area contributed by atoms with E-state index in [-0.39, 0.29) is 6.42 Å². The Balaban J connectivity index is 1.41. The van der Waals surface area contributed by atoms with Gasteiger partial charge < -0.3 is 20.3 Å². The summed E-state index contributed by atoms with van der Waals surface area (Å²) in [6.45, 7) is 6.18. The molecule has 1 atom stereocenters. The maximum Gasteiger partial charge on any atom is 0.326 e. The summed E-state index contributed by atoms with van der Waals surface area (Å²) < 4.78 is 5.49. The van der Waals surface area contributed by atoms with Crippen LogP contribution in [0.4, 0.5) is 5.82 Å². The summed E-state index contributed by atoms with van der Waals surface area (Å²) >= 11 is 6.13. The number of aryl methyl sites for hydroxylation is 3. The van der Waals surface area contributed by atoms with E-state index in [9.17, 15) is 14.7 Å². The van der Waals surface area contributed by atoms with Crippen LogP contribution in [0, 0.1) is 13.8 Å². The Morgan fingerprint density at radius 2 is 1.84 bits per heavy atom. The number of nitrogens with one attached hydrogen (secondary N) is 2. The van der Waals surface area contributed by atoms with E-state index >= 15 is 0 Å². The molecule has 4 aromatic rings. The van der Waals surface area contributed by atoms with Crippen LogP contribution in [0.5, 0.6) is 0 Å². The highest BCUT2D eigenvalue weighted by atomic mass is 35.5. The largest absolute Gasteiger partial charge is 0.480 e. The van der Waals surface area contributed by atoms with Crippen molar-refractivity contribution in [2.24, 2.45) is 0 Å². The van der Waals surface area contributed by atoms with Crippen molar-refractivity contribution in [3.63, 3.8) is 0 Å². The summed E-state index contributed by atoms with van der Waals surface area (Å²) in [7, 11) is 0. The first-order valence-corrected chi connectivity index (χ1v) is 12.7. The number of aromatic nitrogens is 2. The number of anilines is 1. The van der Waals surface area contributed by atoms with Gasteiger partial charge in [0.1, 0.15) is 17.6 Å². The van der Waals surface area contributed by atoms with Gasteiger partial charge in [-0.25, -0.2) is 9.78 Å². The number of carbonyl (C=O) groups excluding carboxylic acids is 1. The average Bonchev–Trinajstić information content (AvgIpc) is 3.36. The zero-order valence-electron chi connectivity index (χ0n) is 21.4. The molecule has 2 heterocycles. The molecule has 1 amide bonds. The van der Waals surface area contributed by atoms with Crippen LogP contribution in [0.2, 0.25) is 5.02 Å². The van der Waals surface area contributed by atoms with Gasteiger partial charge in [0.05, 0.1) is 6.54 Å². The van der Waals surface area contributed by atoms with Crippen molar-refractivity contribution in [1.29, 1.82) is 0 Å². The van der Waals surface area contributed by atoms with Crippen LogP contribution in [-0.4, -0.2) is 33.2 Å². The second-order valence-corrected chi connectivity index (χ2v) is 9.57. The average molecular weight is 533 g/mol. The summed E-state index contributed by atoms with van der Waals surface area (Å²) in [5.74, 6) is -0.179. The number of carboxylic acids is 1. The Morgan fingerprint density at radius 1 is 1.08 bits per heavy atom. The Bertz CT molecular complexity index is 1450. The summed E-state index contributed by atoms with van der Waals surface area (Å²) in [5, 5.41) is 20.3. The molecule has 2 aromatic carbocycles. The van der Waals surface area contributed by atoms with Crippen molar-refractivity contribution in [1.82, 2.24) is 15.5 Å². The van der Waals surface area contributed by atoms with Gasteiger partial charge in [-0.1, -0.05) is 47.9 Å². The highest BCUT2D eigenvalue weighted by Gasteiger charge is 2.24. The Morgan fingerprint density at radius 3 is 2.53 bits per heavy atom. The summed E-state index contributed by atoms with van der Waals surface area (Å²) in [6.07, 6.45) is 2.48. The van der Waals surface area contributed by atoms with Crippen molar-refractivity contribution in [2.75, 3.05) is 5.32 Å². The predicted molar refractivity (Wildman–Crippen MR) is 146 cm³/mol. The molecule has 9 heteroatoms. The molecule has 1 unspecified atom stereocenters. The first kappa shape index (κ1) is 26.9. The van der Waals surface area contributed by atoms with Crippen LogP contribution in [0.25, 0.3) is 11.3 Å². The van der Waals surface area contributed by atoms with Crippen molar-refractivity contribution in [2.45, 2.75) is 46.2 Å². The molecular formula is C29H29ClN4O4. The number of nitrogens with zero attached hydrogens (tertiary/aromatic N) is 2. The van der Waals surface area contributed by atoms with Gasteiger partial charge in [-0.15, -0.1) is 0 Å². The van der Waals surface area contributed by atoms with Gasteiger partial charge in [-0.3, -0.25) is 4.79 Å². The third-order valence-electron chi connectivity index (χ3n) is 6.20. The fraction of sp³-hybridized carbons (Fsp3) is 0.241. The van der Waals surface area contributed by atoms with Crippen LogP contribution < -0.4 is 10.6 Å². The number of carbonyl (C=O) groups is 2. The molecule has 2 aromatic heterocycles. The monoisotopic (exact) mass is 532 g/mol. The van der Waals surface area contributed by atoms with Gasteiger partial charge in [0.15, 0.2) is 5.76 Å². The molecule has 0 aliphatic heterocycles. The van der Waals surface area contributed by atoms with Gasteiger partial charge in [-0.2, -0.15) is 0 Å². The molecule has 0 saturated carbocycles. The smallest absolute Gasteiger partial charge is 0.326 e. The second kappa shape index (κ2) is 11.9. The SMILES string of the molecule is CCc1cc(Cl)cc(C)c1C(=O)NC(Cc1ccc(-c2cc(CNc3cc(C)ccn3)no2)cc1)C(=O)O. The third-order valence-corrected chi connectivity index (χ3v) is 6.41. The van der Waals surface area contributed by atoms with Gasteiger partial charge in [0, 0.05) is 34.8 Å². The lowest BCUT2D eigenvalue weighted by atomic mass is 9.98. The normalized spacial score (nSPS) is 11.7. The minimum atomic E-state index is -1.11. The highest BCUT2D eigenvalue weighted by Crippen LogP contribution is 2.23. The number of carboxylic acid groups (broad SMARTS) is 1. The first-order valence-electron chi connectivity index (χ1n) is 12.3. The van der Waals surface area contributed by atoms with Crippen LogP contribution >= 0.6 is 11.6 Å². The van der Waals surface area contributed by atoms with E-state index in [1.807, 2.05) is 56.3 Å². The van der Waals surface area contributed by atoms with E-state index in [1.165, 1.54) is 0 Å². The topological polar surface area (TPSA) is 117 Å². The molecule has 38 heavy (non-hydrogen) atoms. The van der Waals surface area contributed by atoms with Gasteiger partial charge in [0.2, 0.25) is 0 Å². The second-order valence-electron chi connectivity index (χ2n) is 9.13. The molecular weight excluding hydrogens is 504 g/mol. The maximum atomic E-state index is 13.0.